The summed E-state index contributed by atoms with van der Waals surface area (Å²) in [6.07, 6.45) is 1.67. The van der Waals surface area contributed by atoms with E-state index in [9.17, 15) is 89.7 Å². The molecule has 10 aromatic rings. The Morgan fingerprint density at radius 1 is 0.388 bits per heavy atom. The number of aliphatic hydroxyl groups is 1. The Morgan fingerprint density at radius 2 is 0.769 bits per heavy atom. The van der Waals surface area contributed by atoms with E-state index in [0.717, 1.165) is 69.5 Å². The number of phenolic OH excluding ortho intramolecular Hbond substituents is 1. The molecule has 10 aromatic carbocycles. The minimum absolute atomic E-state index is 0.0715. The van der Waals surface area contributed by atoms with Crippen LogP contribution in [0.5, 0.6) is 11.5 Å². The molecule has 5 spiro atoms. The highest BCUT2D eigenvalue weighted by Gasteiger charge is 2.60. The number of hydrogen-bond acceptors (Lipinski definition) is 15. The van der Waals surface area contributed by atoms with Crippen LogP contribution in [0.3, 0.4) is 0 Å². The number of aliphatic carboxylic acids is 2. The lowest BCUT2D eigenvalue weighted by molar-refractivity contribution is -0.137. The van der Waals surface area contributed by atoms with Gasteiger partial charge in [0, 0.05) is 39.8 Å². The number of nitrogens with one attached hydrogen (secondary N) is 10. The third-order valence-corrected chi connectivity index (χ3v) is 22.9. The number of aromatic hydroxyl groups is 1. The first-order valence-corrected chi connectivity index (χ1v) is 37.5. The number of carbonyl (C=O) groups excluding carboxylic acids is 10. The van der Waals surface area contributed by atoms with Gasteiger partial charge in [-0.05, 0) is 214 Å². The summed E-state index contributed by atoms with van der Waals surface area (Å²) in [5.41, 5.74) is 8.66. The first-order chi connectivity index (χ1) is 57.5. The third-order valence-electron chi connectivity index (χ3n) is 22.9. The van der Waals surface area contributed by atoms with Crippen molar-refractivity contribution in [3.63, 3.8) is 0 Å². The molecule has 0 bridgehead atoms. The number of imide groups is 5. The summed E-state index contributed by atoms with van der Waals surface area (Å²) in [5.74, 6) is -8.01. The molecule has 121 heavy (non-hydrogen) atoms. The number of hydrogen-bond donors (Lipinski definition) is 14. The van der Waals surface area contributed by atoms with E-state index in [4.69, 9.17) is 14.9 Å². The zero-order valence-electron chi connectivity index (χ0n) is 64.0. The molecule has 27 nitrogen and oxygen atoms in total. The summed E-state index contributed by atoms with van der Waals surface area (Å²) in [4.78, 5) is 144. The van der Waals surface area contributed by atoms with Crippen LogP contribution in [0.4, 0.5) is 45.9 Å². The van der Waals surface area contributed by atoms with E-state index in [1.165, 1.54) is 66.7 Å². The van der Waals surface area contributed by atoms with Crippen molar-refractivity contribution >= 4 is 71.6 Å². The Hall–Kier alpha value is -15.4. The lowest BCUT2D eigenvalue weighted by Crippen LogP contribution is -2.45. The van der Waals surface area contributed by atoms with Gasteiger partial charge in [0.15, 0.2) is 39.3 Å². The Kier molecular flexibility index (Phi) is 19.1. The number of benzene rings is 10. The van der Waals surface area contributed by atoms with Gasteiger partial charge in [0.2, 0.25) is 0 Å². The van der Waals surface area contributed by atoms with E-state index in [-0.39, 0.29) is 60.2 Å². The van der Waals surface area contributed by atoms with E-state index < -0.39 is 123 Å². The molecule has 5 aliphatic heterocycles. The van der Waals surface area contributed by atoms with Crippen LogP contribution in [-0.2, 0) is 86.9 Å². The van der Waals surface area contributed by atoms with Gasteiger partial charge in [0.25, 0.3) is 29.5 Å². The van der Waals surface area contributed by atoms with Gasteiger partial charge in [-0.2, -0.15) is 0 Å². The maximum atomic E-state index is 14.5. The zero-order valence-corrected chi connectivity index (χ0v) is 64.0. The van der Waals surface area contributed by atoms with E-state index in [0.29, 0.717) is 89.0 Å². The average molecular weight is 1640 g/mol. The fourth-order valence-electron chi connectivity index (χ4n) is 18.0. The topological polar surface area (TPSA) is 415 Å². The van der Waals surface area contributed by atoms with Crippen molar-refractivity contribution in [1.82, 2.24) is 53.2 Å². The van der Waals surface area contributed by atoms with Gasteiger partial charge in [-0.3, -0.25) is 60.1 Å². The summed E-state index contributed by atoms with van der Waals surface area (Å²) in [7, 11) is 0. The van der Waals surface area contributed by atoms with Crippen LogP contribution in [0.25, 0.3) is 44.5 Å². The molecule has 14 N–H and O–H groups in total. The van der Waals surface area contributed by atoms with Crippen molar-refractivity contribution in [2.24, 2.45) is 0 Å². The molecule has 610 valence electrons. The molecule has 5 saturated heterocycles. The number of carbonyl (C=O) groups is 12. The second-order valence-corrected chi connectivity index (χ2v) is 30.4. The second-order valence-electron chi connectivity index (χ2n) is 30.4. The van der Waals surface area contributed by atoms with Crippen molar-refractivity contribution in [2.45, 2.75) is 87.5 Å². The number of halogens is 5. The minimum atomic E-state index is -1.70. The number of ether oxygens (including phenoxy) is 1. The summed E-state index contributed by atoms with van der Waals surface area (Å²) in [6, 6.07) is 39.5. The number of phenols is 1. The van der Waals surface area contributed by atoms with Gasteiger partial charge in [-0.25, -0.2) is 45.9 Å². The Balaban J connectivity index is 0.000000113. The standard InChI is InChI=1S/C19H15FN2O4.C18H12F2N2O4.C18H13FN2O4.C18H16N2O2.C16H11FN2O3/c1-9-6-10(2-5-15(23)24)16-12-4-3-11(20)8-13(12)19(14(16)7-9)17(25)21-18(26)22-19;1-8(23)7-26-15-5-11-10-3-2-9(19)4-12(10)18(13(11)6-14(15)20)16(24)21-17(25)22-18;1-8-4-9(6-14(22)23)15-11-3-2-10(19)7-12(11)18(13(15)5-8)16(24)20-17(25)21-18;1-11-6-7-13-9-8-12-4-2-3-5-14(12)18(15(13)10-11)16(21)19-17(22)20-18;1-7-4-11-10(6-13(7)20)9-3-2-8(17)5-12(9)16(11)14(21)18-15(22)19-16/h3-4,6-8H,2,5H2,1H3,(H,23,24)(H2,21,22,25,26);2-6,23H,1,7H2,(H2,21,22,24,25);2-5,7H,6H2,1H3,(H,22,23)(H2,20,21,24,25);2-7,10H,8-9H2,1H3,(H2,19,20,21,22);2-6,20H,1H3,(H2,18,19,21,22). The molecule has 10 aliphatic rings. The lowest BCUT2D eigenvalue weighted by atomic mass is 9.80. The largest absolute Gasteiger partial charge is 0.509 e. The monoisotopic (exact) mass is 1640 g/mol. The van der Waals surface area contributed by atoms with Crippen LogP contribution < -0.4 is 57.9 Å². The molecule has 5 unspecified atom stereocenters. The molecule has 0 saturated carbocycles. The van der Waals surface area contributed by atoms with Gasteiger partial charge >= 0.3 is 42.1 Å². The smallest absolute Gasteiger partial charge is 0.322 e. The van der Waals surface area contributed by atoms with Crippen molar-refractivity contribution in [1.29, 1.82) is 0 Å². The van der Waals surface area contributed by atoms with Gasteiger partial charge in [-0.1, -0.05) is 114 Å². The Labute approximate surface area is 681 Å². The fraction of sp³-hybridized carbons (Fsp3) is 0.169. The van der Waals surface area contributed by atoms with Crippen molar-refractivity contribution in [3.05, 3.63) is 305 Å². The van der Waals surface area contributed by atoms with Crippen LogP contribution >= 0.6 is 0 Å². The Bertz CT molecular complexity index is 6450. The van der Waals surface area contributed by atoms with Crippen molar-refractivity contribution < 1.29 is 105 Å². The lowest BCUT2D eigenvalue weighted by Gasteiger charge is -2.29. The van der Waals surface area contributed by atoms with Crippen LogP contribution in [0.1, 0.15) is 107 Å². The highest BCUT2D eigenvalue weighted by Crippen LogP contribution is 2.56. The van der Waals surface area contributed by atoms with E-state index in [2.05, 4.69) is 71.9 Å². The zero-order chi connectivity index (χ0) is 86.2. The van der Waals surface area contributed by atoms with Gasteiger partial charge in [-0.15, -0.1) is 0 Å². The quantitative estimate of drug-likeness (QED) is 0.0382. The molecule has 20 rings (SSSR count). The minimum Gasteiger partial charge on any atom is -0.509 e. The number of carboxylic acid groups (broad SMARTS) is 2. The predicted molar refractivity (Wildman–Crippen MR) is 420 cm³/mol. The third kappa shape index (κ3) is 12.7. The molecule has 0 radical (unpaired) electrons. The molecule has 5 atom stereocenters. The maximum Gasteiger partial charge on any atom is 0.322 e. The molecule has 5 aliphatic carbocycles. The van der Waals surface area contributed by atoms with Crippen LogP contribution in [-0.4, -0.2) is 98.7 Å². The molecule has 5 heterocycles. The predicted octanol–water partition coefficient (Wildman–Crippen LogP) is 10.6. The molecule has 32 heteroatoms. The van der Waals surface area contributed by atoms with Crippen LogP contribution in [0, 0.1) is 56.8 Å². The Morgan fingerprint density at radius 3 is 1.21 bits per heavy atom. The summed E-state index contributed by atoms with van der Waals surface area (Å²) in [5, 5.41) is 61.8. The SMILES string of the molecule is C=C(O)COc1cc2c(cc1F)C1(NC(=O)NC1=O)c1cc(F)ccc1-2.Cc1cc(CC(=O)O)c2c(c1)C1(NC(=O)NC1=O)c1cc(F)ccc1-2.Cc1cc(CCC(=O)O)c2c(c1)C1(NC(=O)NC1=O)c1cc(F)ccc1-2.Cc1cc2c(cc1O)-c1ccc(F)cc1C21NC(=O)NC1=O.Cc1ccc2c(c1)C1(NC(=O)NC1=O)c1ccccc1CC2. The highest BCUT2D eigenvalue weighted by atomic mass is 19.1. The van der Waals surface area contributed by atoms with Crippen molar-refractivity contribution in [2.75, 3.05) is 6.61 Å². The summed E-state index contributed by atoms with van der Waals surface area (Å²) < 4.78 is 75.1. The van der Waals surface area contributed by atoms with Crippen molar-refractivity contribution in [3.8, 4) is 56.0 Å². The number of amides is 15. The van der Waals surface area contributed by atoms with E-state index in [1.54, 1.807) is 50.2 Å². The van der Waals surface area contributed by atoms with Crippen LogP contribution in [0.15, 0.2) is 176 Å². The summed E-state index contributed by atoms with van der Waals surface area (Å²) in [6.45, 7) is 10.2. The molecule has 5 fully saturated rings. The van der Waals surface area contributed by atoms with E-state index >= 15 is 0 Å². The number of aliphatic hydroxyl groups excluding tert-OH is 1. The van der Waals surface area contributed by atoms with Gasteiger partial charge < -0.3 is 51.7 Å². The number of carboxylic acids is 2. The van der Waals surface area contributed by atoms with Gasteiger partial charge in [0.1, 0.15) is 41.4 Å². The molecule has 15 amide bonds. The second kappa shape index (κ2) is 29.1. The molecular formula is C89H67F5N10O17. The summed E-state index contributed by atoms with van der Waals surface area (Å²) >= 11 is 0. The normalized spacial score (nSPS) is 20.7. The number of aryl methyl sites for hydroxylation is 7. The van der Waals surface area contributed by atoms with E-state index in [1.807, 2.05) is 50.2 Å². The molecular weight excluding hydrogens is 1580 g/mol. The van der Waals surface area contributed by atoms with Crippen LogP contribution in [0.2, 0.25) is 0 Å². The first kappa shape index (κ1) is 79.5. The maximum absolute atomic E-state index is 14.5. The van der Waals surface area contributed by atoms with Gasteiger partial charge in [0.05, 0.1) is 6.42 Å². The molecule has 0 aromatic heterocycles. The number of fused-ring (bicyclic) bond motifs is 24. The number of rotatable bonds is 8. The average Bonchev–Trinajstić information content (AvgIpc) is 1.56. The fourth-order valence-corrected chi connectivity index (χ4v) is 18.0. The first-order valence-electron chi connectivity index (χ1n) is 37.5. The highest BCUT2D eigenvalue weighted by molar-refractivity contribution is 6.17. The number of urea groups is 5.